The molecule has 118 valence electrons. The number of nitrogens with zero attached hydrogens (tertiary/aromatic N) is 2. The molecule has 1 aliphatic heterocycles. The van der Waals surface area contributed by atoms with Crippen molar-refractivity contribution in [2.45, 2.75) is 33.4 Å². The number of hydrogen-bond donors (Lipinski definition) is 2. The lowest BCUT2D eigenvalue weighted by Crippen LogP contribution is -2.47. The highest BCUT2D eigenvalue weighted by atomic mass is 16.3. The van der Waals surface area contributed by atoms with Crippen molar-refractivity contribution >= 4 is 5.69 Å². The summed E-state index contributed by atoms with van der Waals surface area (Å²) in [4.78, 5) is 4.79. The smallest absolute Gasteiger partial charge is 0.0558 e. The molecule has 0 aliphatic carbocycles. The summed E-state index contributed by atoms with van der Waals surface area (Å²) in [5, 5.41) is 12.5. The van der Waals surface area contributed by atoms with Gasteiger partial charge >= 0.3 is 0 Å². The van der Waals surface area contributed by atoms with Gasteiger partial charge in [-0.2, -0.15) is 0 Å². The van der Waals surface area contributed by atoms with Gasteiger partial charge in [0.2, 0.25) is 0 Å². The monoisotopic (exact) mass is 291 g/mol. The Kier molecular flexibility index (Phi) is 6.03. The number of β-amino-alcohol motifs (C(OH)–C–C–N with tert-alkyl or cyclic N) is 1. The molecule has 21 heavy (non-hydrogen) atoms. The molecule has 0 amide bonds. The van der Waals surface area contributed by atoms with Crippen molar-refractivity contribution in [3.8, 4) is 0 Å². The molecule has 0 saturated carbocycles. The summed E-state index contributed by atoms with van der Waals surface area (Å²) in [7, 11) is 0. The summed E-state index contributed by atoms with van der Waals surface area (Å²) in [6.45, 7) is 12.7. The lowest BCUT2D eigenvalue weighted by molar-refractivity contribution is 0.188. The molecular formula is C17H29N3O. The van der Waals surface area contributed by atoms with Gasteiger partial charge < -0.3 is 15.3 Å². The topological polar surface area (TPSA) is 38.7 Å². The van der Waals surface area contributed by atoms with Crippen LogP contribution < -0.4 is 10.2 Å². The number of anilines is 1. The zero-order chi connectivity index (χ0) is 15.2. The molecule has 0 spiro atoms. The number of hydrogen-bond acceptors (Lipinski definition) is 4. The Morgan fingerprint density at radius 2 is 1.90 bits per heavy atom. The number of aliphatic hydroxyl groups excluding tert-OH is 1. The van der Waals surface area contributed by atoms with Crippen LogP contribution in [0.5, 0.6) is 0 Å². The molecule has 2 rings (SSSR count). The molecule has 1 heterocycles. The first-order valence-corrected chi connectivity index (χ1v) is 8.01. The van der Waals surface area contributed by atoms with Gasteiger partial charge in [-0.25, -0.2) is 0 Å². The molecule has 2 N–H and O–H groups in total. The van der Waals surface area contributed by atoms with Crippen molar-refractivity contribution in [1.82, 2.24) is 10.2 Å². The summed E-state index contributed by atoms with van der Waals surface area (Å²) >= 11 is 0. The second-order valence-electron chi connectivity index (χ2n) is 6.21. The van der Waals surface area contributed by atoms with E-state index in [1.807, 2.05) is 0 Å². The van der Waals surface area contributed by atoms with Crippen molar-refractivity contribution < 1.29 is 5.11 Å². The van der Waals surface area contributed by atoms with Crippen LogP contribution in [0.15, 0.2) is 18.2 Å². The molecule has 0 atom stereocenters. The zero-order valence-electron chi connectivity index (χ0n) is 13.6. The van der Waals surface area contributed by atoms with Gasteiger partial charge in [0.1, 0.15) is 0 Å². The van der Waals surface area contributed by atoms with E-state index in [1.54, 1.807) is 0 Å². The Bertz CT molecular complexity index is 440. The van der Waals surface area contributed by atoms with Crippen LogP contribution in [0, 0.1) is 6.92 Å². The van der Waals surface area contributed by atoms with E-state index >= 15 is 0 Å². The highest BCUT2D eigenvalue weighted by Gasteiger charge is 2.17. The molecule has 1 aromatic rings. The number of rotatable bonds is 6. The number of aryl methyl sites for hydroxylation is 1. The lowest BCUT2D eigenvalue weighted by atomic mass is 10.1. The van der Waals surface area contributed by atoms with Crippen molar-refractivity contribution in [2.75, 3.05) is 44.2 Å². The second kappa shape index (κ2) is 7.78. The van der Waals surface area contributed by atoms with E-state index in [4.69, 9.17) is 5.11 Å². The van der Waals surface area contributed by atoms with Gasteiger partial charge in [-0.05, 0) is 24.1 Å². The summed E-state index contributed by atoms with van der Waals surface area (Å²) in [5.41, 5.74) is 4.06. The van der Waals surface area contributed by atoms with Gasteiger partial charge in [0, 0.05) is 51.0 Å². The Morgan fingerprint density at radius 1 is 1.19 bits per heavy atom. The Labute approximate surface area is 128 Å². The molecule has 1 fully saturated rings. The van der Waals surface area contributed by atoms with E-state index in [0.29, 0.717) is 6.04 Å². The van der Waals surface area contributed by atoms with Gasteiger partial charge in [0.15, 0.2) is 0 Å². The van der Waals surface area contributed by atoms with E-state index < -0.39 is 0 Å². The highest BCUT2D eigenvalue weighted by molar-refractivity contribution is 5.54. The maximum atomic E-state index is 9.00. The fourth-order valence-corrected chi connectivity index (χ4v) is 2.86. The average molecular weight is 291 g/mol. The molecule has 1 aliphatic rings. The molecule has 0 radical (unpaired) electrons. The van der Waals surface area contributed by atoms with Crippen LogP contribution in [0.4, 0.5) is 5.69 Å². The van der Waals surface area contributed by atoms with Crippen LogP contribution in [-0.2, 0) is 6.54 Å². The van der Waals surface area contributed by atoms with Gasteiger partial charge in [-0.3, -0.25) is 4.90 Å². The first-order valence-electron chi connectivity index (χ1n) is 8.01. The minimum Gasteiger partial charge on any atom is -0.395 e. The van der Waals surface area contributed by atoms with Crippen molar-refractivity contribution in [2.24, 2.45) is 0 Å². The predicted molar refractivity (Wildman–Crippen MR) is 88.9 cm³/mol. The van der Waals surface area contributed by atoms with Crippen LogP contribution >= 0.6 is 0 Å². The largest absolute Gasteiger partial charge is 0.395 e. The minimum atomic E-state index is 0.260. The van der Waals surface area contributed by atoms with Crippen LogP contribution in [0.3, 0.4) is 0 Å². The average Bonchev–Trinajstić information content (AvgIpc) is 2.47. The van der Waals surface area contributed by atoms with E-state index in [-0.39, 0.29) is 6.61 Å². The summed E-state index contributed by atoms with van der Waals surface area (Å²) in [6.07, 6.45) is 0. The first-order chi connectivity index (χ1) is 10.1. The number of aliphatic hydroxyl groups is 1. The third-order valence-corrected chi connectivity index (χ3v) is 4.10. The molecule has 4 heteroatoms. The molecule has 0 unspecified atom stereocenters. The number of piperazine rings is 1. The quantitative estimate of drug-likeness (QED) is 0.835. The maximum Gasteiger partial charge on any atom is 0.0558 e. The molecule has 0 aromatic heterocycles. The fourth-order valence-electron chi connectivity index (χ4n) is 2.86. The third-order valence-electron chi connectivity index (χ3n) is 4.10. The molecular weight excluding hydrogens is 262 g/mol. The predicted octanol–water partition coefficient (Wildman–Crippen LogP) is 1.61. The van der Waals surface area contributed by atoms with E-state index in [2.05, 4.69) is 54.1 Å². The van der Waals surface area contributed by atoms with Crippen LogP contribution in [0.1, 0.15) is 25.0 Å². The summed E-state index contributed by atoms with van der Waals surface area (Å²) in [5.74, 6) is 0. The third kappa shape index (κ3) is 4.70. The van der Waals surface area contributed by atoms with Gasteiger partial charge in [0.05, 0.1) is 6.61 Å². The zero-order valence-corrected chi connectivity index (χ0v) is 13.6. The molecule has 1 aromatic carbocycles. The van der Waals surface area contributed by atoms with Crippen molar-refractivity contribution in [3.63, 3.8) is 0 Å². The van der Waals surface area contributed by atoms with Gasteiger partial charge in [-0.1, -0.05) is 26.0 Å². The summed E-state index contributed by atoms with van der Waals surface area (Å²) < 4.78 is 0. The van der Waals surface area contributed by atoms with Crippen LogP contribution in [0.25, 0.3) is 0 Å². The van der Waals surface area contributed by atoms with E-state index in [0.717, 1.165) is 39.3 Å². The van der Waals surface area contributed by atoms with Gasteiger partial charge in [0.25, 0.3) is 0 Å². The van der Waals surface area contributed by atoms with Gasteiger partial charge in [-0.15, -0.1) is 0 Å². The number of benzene rings is 1. The fraction of sp³-hybridized carbons (Fsp3) is 0.647. The van der Waals surface area contributed by atoms with Crippen LogP contribution in [0.2, 0.25) is 0 Å². The molecule has 0 bridgehead atoms. The van der Waals surface area contributed by atoms with E-state index in [9.17, 15) is 0 Å². The summed E-state index contributed by atoms with van der Waals surface area (Å²) in [6, 6.07) is 7.31. The Balaban J connectivity index is 1.95. The standard InChI is InChI=1S/C17H29N3O/c1-14(2)18-13-16-4-5-17(15(3)12-16)20-8-6-19(7-9-20)10-11-21/h4-5,12,14,18,21H,6-11,13H2,1-3H3. The van der Waals surface area contributed by atoms with Crippen LogP contribution in [-0.4, -0.2) is 55.4 Å². The minimum absolute atomic E-state index is 0.260. The molecule has 1 saturated heterocycles. The maximum absolute atomic E-state index is 9.00. The normalized spacial score (nSPS) is 16.7. The SMILES string of the molecule is Cc1cc(CNC(C)C)ccc1N1CCN(CCO)CC1. The first kappa shape index (κ1) is 16.3. The Hall–Kier alpha value is -1.10. The Morgan fingerprint density at radius 3 is 2.48 bits per heavy atom. The number of nitrogens with one attached hydrogen (secondary N) is 1. The van der Waals surface area contributed by atoms with Crippen molar-refractivity contribution in [3.05, 3.63) is 29.3 Å². The lowest BCUT2D eigenvalue weighted by Gasteiger charge is -2.36. The molecule has 4 nitrogen and oxygen atoms in total. The second-order valence-corrected chi connectivity index (χ2v) is 6.21. The highest BCUT2D eigenvalue weighted by Crippen LogP contribution is 2.22. The van der Waals surface area contributed by atoms with Crippen molar-refractivity contribution in [1.29, 1.82) is 0 Å². The van der Waals surface area contributed by atoms with E-state index in [1.165, 1.54) is 16.8 Å².